The van der Waals surface area contributed by atoms with E-state index in [9.17, 15) is 18.4 Å². The highest BCUT2D eigenvalue weighted by atomic mass is 19.2. The van der Waals surface area contributed by atoms with Crippen molar-refractivity contribution >= 4 is 12.0 Å². The van der Waals surface area contributed by atoms with Gasteiger partial charge in [0.05, 0.1) is 5.92 Å². The number of likely N-dealkylation sites (tertiary alicyclic amines) is 1. The average molecular weight is 312 g/mol. The number of carboxylic acids is 1. The molecule has 2 atom stereocenters. The van der Waals surface area contributed by atoms with E-state index < -0.39 is 29.6 Å². The molecule has 0 spiro atoms. The van der Waals surface area contributed by atoms with Crippen molar-refractivity contribution in [2.24, 2.45) is 11.8 Å². The Labute approximate surface area is 126 Å². The summed E-state index contributed by atoms with van der Waals surface area (Å²) in [5.41, 5.74) is 0.437. The zero-order valence-electron chi connectivity index (χ0n) is 12.2. The van der Waals surface area contributed by atoms with Crippen LogP contribution >= 0.6 is 0 Å². The Morgan fingerprint density at radius 2 is 2.05 bits per heavy atom. The summed E-state index contributed by atoms with van der Waals surface area (Å²) in [6.45, 7) is 2.58. The fourth-order valence-corrected chi connectivity index (χ4v) is 2.64. The molecule has 0 bridgehead atoms. The maximum Gasteiger partial charge on any atom is 0.317 e. The Hall–Kier alpha value is -2.18. The lowest BCUT2D eigenvalue weighted by Gasteiger charge is -2.34. The van der Waals surface area contributed by atoms with Crippen LogP contribution in [-0.4, -0.2) is 35.1 Å². The zero-order valence-corrected chi connectivity index (χ0v) is 12.2. The van der Waals surface area contributed by atoms with Crippen LogP contribution in [0.1, 0.15) is 18.9 Å². The van der Waals surface area contributed by atoms with E-state index in [-0.39, 0.29) is 19.0 Å². The maximum atomic E-state index is 13.1. The van der Waals surface area contributed by atoms with Gasteiger partial charge in [0.15, 0.2) is 11.6 Å². The molecule has 2 unspecified atom stereocenters. The molecule has 120 valence electrons. The second-order valence-electron chi connectivity index (χ2n) is 5.69. The third-order valence-electron chi connectivity index (χ3n) is 3.72. The largest absolute Gasteiger partial charge is 0.481 e. The summed E-state index contributed by atoms with van der Waals surface area (Å²) in [4.78, 5) is 24.6. The molecule has 1 aliphatic rings. The van der Waals surface area contributed by atoms with Crippen LogP contribution in [0.4, 0.5) is 13.6 Å². The Morgan fingerprint density at radius 1 is 1.32 bits per heavy atom. The molecule has 0 radical (unpaired) electrons. The van der Waals surface area contributed by atoms with Gasteiger partial charge < -0.3 is 15.3 Å². The van der Waals surface area contributed by atoms with Crippen LogP contribution in [0.5, 0.6) is 0 Å². The van der Waals surface area contributed by atoms with Crippen molar-refractivity contribution in [2.45, 2.75) is 19.9 Å². The molecule has 0 aliphatic carbocycles. The normalized spacial score (nSPS) is 21.5. The summed E-state index contributed by atoms with van der Waals surface area (Å²) in [5, 5.41) is 11.7. The molecule has 2 rings (SSSR count). The molecule has 0 aromatic heterocycles. The minimum atomic E-state index is -0.968. The quantitative estimate of drug-likeness (QED) is 0.899. The van der Waals surface area contributed by atoms with E-state index in [1.54, 1.807) is 0 Å². The molecule has 0 saturated carbocycles. The van der Waals surface area contributed by atoms with Gasteiger partial charge in [0.25, 0.3) is 0 Å². The number of urea groups is 1. The highest BCUT2D eigenvalue weighted by Crippen LogP contribution is 2.21. The van der Waals surface area contributed by atoms with Crippen LogP contribution in [0.3, 0.4) is 0 Å². The van der Waals surface area contributed by atoms with E-state index in [4.69, 9.17) is 5.11 Å². The lowest BCUT2D eigenvalue weighted by Crippen LogP contribution is -2.49. The first-order valence-electron chi connectivity index (χ1n) is 7.06. The average Bonchev–Trinajstić information content (AvgIpc) is 2.47. The number of hydrogen-bond donors (Lipinski definition) is 2. The van der Waals surface area contributed by atoms with Gasteiger partial charge in [-0.15, -0.1) is 0 Å². The number of aliphatic carboxylic acids is 1. The number of nitrogens with one attached hydrogen (secondary N) is 1. The van der Waals surface area contributed by atoms with Gasteiger partial charge in [-0.25, -0.2) is 13.6 Å². The van der Waals surface area contributed by atoms with E-state index in [1.165, 1.54) is 11.0 Å². The molecule has 1 heterocycles. The lowest BCUT2D eigenvalue weighted by atomic mass is 9.91. The van der Waals surface area contributed by atoms with Crippen LogP contribution in [0.25, 0.3) is 0 Å². The number of halogens is 2. The summed E-state index contributed by atoms with van der Waals surface area (Å²) in [7, 11) is 0. The molecular weight excluding hydrogens is 294 g/mol. The topological polar surface area (TPSA) is 69.6 Å². The summed E-state index contributed by atoms with van der Waals surface area (Å²) in [6.07, 6.45) is 0.544. The van der Waals surface area contributed by atoms with Crippen LogP contribution in [0, 0.1) is 23.5 Å². The maximum absolute atomic E-state index is 13.1. The third-order valence-corrected chi connectivity index (χ3v) is 3.72. The Kier molecular flexibility index (Phi) is 4.95. The van der Waals surface area contributed by atoms with Crippen molar-refractivity contribution in [3.63, 3.8) is 0 Å². The monoisotopic (exact) mass is 312 g/mol. The number of rotatable bonds is 3. The molecule has 1 aromatic carbocycles. The van der Waals surface area contributed by atoms with E-state index in [0.717, 1.165) is 12.1 Å². The predicted molar refractivity (Wildman–Crippen MR) is 75.1 cm³/mol. The van der Waals surface area contributed by atoms with E-state index in [2.05, 4.69) is 5.32 Å². The zero-order chi connectivity index (χ0) is 16.3. The minimum absolute atomic E-state index is 0.0542. The van der Waals surface area contributed by atoms with Crippen molar-refractivity contribution in [2.75, 3.05) is 13.1 Å². The third kappa shape index (κ3) is 3.93. The lowest BCUT2D eigenvalue weighted by molar-refractivity contribution is -0.143. The first kappa shape index (κ1) is 16.2. The van der Waals surface area contributed by atoms with Gasteiger partial charge in [0.1, 0.15) is 0 Å². The Morgan fingerprint density at radius 3 is 2.68 bits per heavy atom. The van der Waals surface area contributed by atoms with E-state index in [1.807, 2.05) is 6.92 Å². The number of hydrogen-bond acceptors (Lipinski definition) is 2. The van der Waals surface area contributed by atoms with Crippen LogP contribution in [0.15, 0.2) is 18.2 Å². The van der Waals surface area contributed by atoms with E-state index in [0.29, 0.717) is 18.5 Å². The van der Waals surface area contributed by atoms with Crippen molar-refractivity contribution < 1.29 is 23.5 Å². The molecule has 2 N–H and O–H groups in total. The summed E-state index contributed by atoms with van der Waals surface area (Å²) >= 11 is 0. The van der Waals surface area contributed by atoms with Crippen LogP contribution in [-0.2, 0) is 11.3 Å². The molecular formula is C15H18F2N2O3. The SMILES string of the molecule is CC1CC(C(=O)O)CN(C(=O)NCc2ccc(F)c(F)c2)C1. The summed E-state index contributed by atoms with van der Waals surface area (Å²) in [5.74, 6) is -3.29. The second kappa shape index (κ2) is 6.72. The molecule has 2 amide bonds. The number of carbonyl (C=O) groups is 2. The Bertz CT molecular complexity index is 580. The smallest absolute Gasteiger partial charge is 0.317 e. The molecule has 1 fully saturated rings. The first-order valence-corrected chi connectivity index (χ1v) is 7.06. The predicted octanol–water partition coefficient (Wildman–Crippen LogP) is 2.22. The van der Waals surface area contributed by atoms with Gasteiger partial charge in [0, 0.05) is 19.6 Å². The van der Waals surface area contributed by atoms with Gasteiger partial charge in [-0.1, -0.05) is 13.0 Å². The number of carbonyl (C=O) groups excluding carboxylic acids is 1. The van der Waals surface area contributed by atoms with Gasteiger partial charge in [0.2, 0.25) is 0 Å². The van der Waals surface area contributed by atoms with Crippen molar-refractivity contribution in [1.29, 1.82) is 0 Å². The van der Waals surface area contributed by atoms with Crippen molar-refractivity contribution in [1.82, 2.24) is 10.2 Å². The number of nitrogens with zero attached hydrogens (tertiary/aromatic N) is 1. The van der Waals surface area contributed by atoms with Crippen LogP contribution < -0.4 is 5.32 Å². The minimum Gasteiger partial charge on any atom is -0.481 e. The number of carboxylic acid groups (broad SMARTS) is 1. The fourth-order valence-electron chi connectivity index (χ4n) is 2.64. The Balaban J connectivity index is 1.93. The highest BCUT2D eigenvalue weighted by Gasteiger charge is 2.31. The molecule has 1 aliphatic heterocycles. The van der Waals surface area contributed by atoms with Gasteiger partial charge >= 0.3 is 12.0 Å². The molecule has 7 heteroatoms. The van der Waals surface area contributed by atoms with Crippen LogP contribution in [0.2, 0.25) is 0 Å². The number of benzene rings is 1. The molecule has 1 aromatic rings. The summed E-state index contributed by atoms with van der Waals surface area (Å²) < 4.78 is 25.9. The first-order chi connectivity index (χ1) is 10.4. The standard InChI is InChI=1S/C15H18F2N2O3/c1-9-4-11(14(20)21)8-19(7-9)15(22)18-6-10-2-3-12(16)13(17)5-10/h2-3,5,9,11H,4,6-8H2,1H3,(H,18,22)(H,20,21). The molecule has 1 saturated heterocycles. The molecule has 5 nitrogen and oxygen atoms in total. The number of amides is 2. The second-order valence-corrected chi connectivity index (χ2v) is 5.69. The number of piperidine rings is 1. The van der Waals surface area contributed by atoms with Crippen molar-refractivity contribution in [3.05, 3.63) is 35.4 Å². The molecule has 22 heavy (non-hydrogen) atoms. The van der Waals surface area contributed by atoms with Gasteiger partial charge in [-0.3, -0.25) is 4.79 Å². The fraction of sp³-hybridized carbons (Fsp3) is 0.467. The van der Waals surface area contributed by atoms with Gasteiger partial charge in [-0.05, 0) is 30.0 Å². The van der Waals surface area contributed by atoms with E-state index >= 15 is 0 Å². The van der Waals surface area contributed by atoms with Crippen molar-refractivity contribution in [3.8, 4) is 0 Å². The summed E-state index contributed by atoms with van der Waals surface area (Å²) in [6, 6.07) is 3.01. The highest BCUT2D eigenvalue weighted by molar-refractivity contribution is 5.76. The van der Waals surface area contributed by atoms with Gasteiger partial charge in [-0.2, -0.15) is 0 Å².